The van der Waals surface area contributed by atoms with Crippen LogP contribution in [0, 0.1) is 23.3 Å². The van der Waals surface area contributed by atoms with Gasteiger partial charge in [0, 0.05) is 59.6 Å². The van der Waals surface area contributed by atoms with Gasteiger partial charge < -0.3 is 15.2 Å². The number of halogens is 6. The Labute approximate surface area is 460 Å². The predicted octanol–water partition coefficient (Wildman–Crippen LogP) is 14.6. The first kappa shape index (κ1) is 54.4. The number of rotatable bonds is 15. The SMILES string of the molecule is Nc1nccc(Oc2ccc(CC(=O)C3=CCC=C(c4ccc(F)cc4)C3=O)cc2F)c1Cl.O=C(Cc1ccc(Oc2ccnc(N=C(c3ccccc3)c3ccccc3)c2Cl)c(F)c1)C1=CCC=C(c2ccc(F)cc2)C1=O. The Morgan fingerprint density at radius 3 is 1.39 bits per heavy atom. The molecule has 8 aromatic rings. The minimum absolute atomic E-state index is 0.0181. The number of ketones is 4. The summed E-state index contributed by atoms with van der Waals surface area (Å²) in [6, 6.07) is 41.4. The summed E-state index contributed by atoms with van der Waals surface area (Å²) in [4.78, 5) is 64.8. The van der Waals surface area contributed by atoms with Crippen LogP contribution in [0.15, 0.2) is 211 Å². The highest BCUT2D eigenvalue weighted by Crippen LogP contribution is 2.38. The number of hydrogen-bond donors (Lipinski definition) is 1. The number of Topliss-reactive ketones (excluding diaryl/α,β-unsaturated/α-hetero) is 4. The van der Waals surface area contributed by atoms with Crippen LogP contribution in [0.2, 0.25) is 10.0 Å². The summed E-state index contributed by atoms with van der Waals surface area (Å²) in [6.07, 6.45) is 9.73. The maximum atomic E-state index is 15.3. The number of carbonyl (C=O) groups is 4. The quantitative estimate of drug-likeness (QED) is 0.0601. The van der Waals surface area contributed by atoms with Gasteiger partial charge in [0.15, 0.2) is 63.6 Å². The highest BCUT2D eigenvalue weighted by Gasteiger charge is 2.27. The van der Waals surface area contributed by atoms with Crippen molar-refractivity contribution in [2.75, 3.05) is 5.73 Å². The van der Waals surface area contributed by atoms with Crippen LogP contribution in [0.25, 0.3) is 11.1 Å². The molecule has 0 aliphatic heterocycles. The Hall–Kier alpha value is -9.37. The van der Waals surface area contributed by atoms with Crippen molar-refractivity contribution in [3.05, 3.63) is 272 Å². The van der Waals surface area contributed by atoms with E-state index in [9.17, 15) is 32.3 Å². The number of pyridine rings is 2. The van der Waals surface area contributed by atoms with Crippen LogP contribution < -0.4 is 15.2 Å². The Kier molecular flexibility index (Phi) is 17.0. The van der Waals surface area contributed by atoms with E-state index in [0.717, 1.165) is 17.2 Å². The van der Waals surface area contributed by atoms with Gasteiger partial charge in [-0.1, -0.05) is 145 Å². The molecule has 6 aromatic carbocycles. The molecule has 2 heterocycles. The van der Waals surface area contributed by atoms with Gasteiger partial charge in [-0.15, -0.1) is 0 Å². The van der Waals surface area contributed by atoms with E-state index < -0.39 is 46.4 Å². The fourth-order valence-corrected chi connectivity index (χ4v) is 8.79. The molecule has 2 aliphatic rings. The highest BCUT2D eigenvalue weighted by molar-refractivity contribution is 6.40. The molecule has 10 rings (SSSR count). The molecule has 392 valence electrons. The number of benzene rings is 6. The molecule has 0 unspecified atom stereocenters. The lowest BCUT2D eigenvalue weighted by Gasteiger charge is -2.14. The summed E-state index contributed by atoms with van der Waals surface area (Å²) in [6.45, 7) is 0. The Morgan fingerprint density at radius 1 is 0.519 bits per heavy atom. The van der Waals surface area contributed by atoms with Crippen molar-refractivity contribution >= 4 is 74.8 Å². The molecular formula is C63H42Cl2F4N4O6. The number of ether oxygens (including phenoxy) is 2. The zero-order valence-corrected chi connectivity index (χ0v) is 43.0. The number of nitrogens with zero attached hydrogens (tertiary/aromatic N) is 3. The lowest BCUT2D eigenvalue weighted by atomic mass is 9.88. The molecule has 0 radical (unpaired) electrons. The molecule has 0 amide bonds. The summed E-state index contributed by atoms with van der Waals surface area (Å²) in [5, 5.41) is 0.155. The van der Waals surface area contributed by atoms with E-state index in [2.05, 4.69) is 9.97 Å². The van der Waals surface area contributed by atoms with Gasteiger partial charge in [0.1, 0.15) is 27.5 Å². The van der Waals surface area contributed by atoms with Crippen molar-refractivity contribution in [1.82, 2.24) is 9.97 Å². The van der Waals surface area contributed by atoms with Crippen molar-refractivity contribution in [3.63, 3.8) is 0 Å². The van der Waals surface area contributed by atoms with Gasteiger partial charge in [-0.2, -0.15) is 0 Å². The molecular weight excluding hydrogens is 1060 g/mol. The van der Waals surface area contributed by atoms with Crippen LogP contribution in [0.4, 0.5) is 29.2 Å². The average Bonchev–Trinajstić information content (AvgIpc) is 3.45. The number of nitrogen functional groups attached to an aromatic ring is 1. The molecule has 0 fully saturated rings. The van der Waals surface area contributed by atoms with Crippen LogP contribution in [0.3, 0.4) is 0 Å². The molecule has 2 aliphatic carbocycles. The third-order valence-electron chi connectivity index (χ3n) is 12.4. The van der Waals surface area contributed by atoms with E-state index in [0.29, 0.717) is 52.0 Å². The summed E-state index contributed by atoms with van der Waals surface area (Å²) in [5.41, 5.74) is 10.5. The molecule has 2 aromatic heterocycles. The number of hydrogen-bond acceptors (Lipinski definition) is 10. The molecule has 79 heavy (non-hydrogen) atoms. The molecule has 0 saturated carbocycles. The van der Waals surface area contributed by atoms with Gasteiger partial charge in [-0.25, -0.2) is 32.5 Å². The van der Waals surface area contributed by atoms with Gasteiger partial charge in [0.25, 0.3) is 0 Å². The molecule has 10 nitrogen and oxygen atoms in total. The molecule has 0 spiro atoms. The van der Waals surface area contributed by atoms with Crippen LogP contribution in [-0.4, -0.2) is 38.8 Å². The lowest BCUT2D eigenvalue weighted by molar-refractivity contribution is -0.120. The maximum absolute atomic E-state index is 15.3. The van der Waals surface area contributed by atoms with Gasteiger partial charge in [-0.3, -0.25) is 19.2 Å². The fourth-order valence-electron chi connectivity index (χ4n) is 8.45. The second kappa shape index (κ2) is 24.7. The van der Waals surface area contributed by atoms with E-state index in [1.807, 2.05) is 60.7 Å². The maximum Gasteiger partial charge on any atom is 0.196 e. The average molecular weight is 1100 g/mol. The number of carbonyl (C=O) groups excluding carboxylic acids is 4. The van der Waals surface area contributed by atoms with Crippen LogP contribution in [-0.2, 0) is 32.0 Å². The zero-order chi connectivity index (χ0) is 55.6. The highest BCUT2D eigenvalue weighted by atomic mass is 35.5. The van der Waals surface area contributed by atoms with Gasteiger partial charge in [-0.05, 0) is 83.6 Å². The molecule has 0 saturated heterocycles. The molecule has 16 heteroatoms. The number of aromatic nitrogens is 2. The topological polar surface area (TPSA) is 151 Å². The Bertz CT molecular complexity index is 3790. The monoisotopic (exact) mass is 1100 g/mol. The zero-order valence-electron chi connectivity index (χ0n) is 41.4. The van der Waals surface area contributed by atoms with Crippen molar-refractivity contribution in [3.8, 4) is 23.0 Å². The van der Waals surface area contributed by atoms with E-state index in [1.54, 1.807) is 30.4 Å². The summed E-state index contributed by atoms with van der Waals surface area (Å²) in [7, 11) is 0. The normalized spacial score (nSPS) is 12.9. The Balaban J connectivity index is 0.000000203. The first-order valence-electron chi connectivity index (χ1n) is 24.4. The molecule has 0 atom stereocenters. The number of nitrogens with two attached hydrogens (primary N) is 1. The van der Waals surface area contributed by atoms with Crippen LogP contribution in [0.5, 0.6) is 23.0 Å². The van der Waals surface area contributed by atoms with Crippen molar-refractivity contribution in [1.29, 1.82) is 0 Å². The molecule has 0 bridgehead atoms. The second-order valence-corrected chi connectivity index (χ2v) is 18.5. The standard InChI is InChI=1S/C38H25ClF2N2O3.C25H17ClF2N2O3/c39-35-34(20-21-42-38(35)43-36(26-8-3-1-4-9-26)27-10-5-2-6-11-27)46-33-19-14-24(22-31(33)41)23-32(44)30-13-7-12-29(37(30)45)25-15-17-28(40)18-16-25;26-23-22(10-11-30-25(23)29)33-21-9-4-14(12-19(21)28)13-20(31)18-3-1-2-17(24(18)32)15-5-7-16(27)8-6-15/h1-6,8-22H,7,23H2;2-12H,1,13H2,(H2,29,30). The summed E-state index contributed by atoms with van der Waals surface area (Å²) < 4.78 is 67.7. The first-order chi connectivity index (χ1) is 38.2. The number of anilines is 1. The first-order valence-corrected chi connectivity index (χ1v) is 25.1. The van der Waals surface area contributed by atoms with Gasteiger partial charge in [0.05, 0.1) is 16.9 Å². The van der Waals surface area contributed by atoms with Crippen molar-refractivity contribution in [2.24, 2.45) is 4.99 Å². The minimum atomic E-state index is -0.715. The summed E-state index contributed by atoms with van der Waals surface area (Å²) >= 11 is 12.7. The van der Waals surface area contributed by atoms with Crippen LogP contribution >= 0.6 is 23.2 Å². The van der Waals surface area contributed by atoms with E-state index in [4.69, 9.17) is 43.4 Å². The lowest BCUT2D eigenvalue weighted by Crippen LogP contribution is -2.18. The largest absolute Gasteiger partial charge is 0.453 e. The van der Waals surface area contributed by atoms with E-state index >= 15 is 4.39 Å². The van der Waals surface area contributed by atoms with E-state index in [1.165, 1.54) is 97.3 Å². The third-order valence-corrected chi connectivity index (χ3v) is 13.1. The van der Waals surface area contributed by atoms with E-state index in [-0.39, 0.29) is 68.7 Å². The van der Waals surface area contributed by atoms with Crippen LogP contribution in [0.1, 0.15) is 46.2 Å². The minimum Gasteiger partial charge on any atom is -0.453 e. The predicted molar refractivity (Wildman–Crippen MR) is 296 cm³/mol. The van der Waals surface area contributed by atoms with Crippen molar-refractivity contribution in [2.45, 2.75) is 25.7 Å². The summed E-state index contributed by atoms with van der Waals surface area (Å²) in [5.74, 6) is -3.71. The van der Waals surface area contributed by atoms with Gasteiger partial charge >= 0.3 is 0 Å². The van der Waals surface area contributed by atoms with Crippen molar-refractivity contribution < 1.29 is 46.2 Å². The second-order valence-electron chi connectivity index (χ2n) is 17.7. The van der Waals surface area contributed by atoms with Gasteiger partial charge in [0.2, 0.25) is 0 Å². The Morgan fingerprint density at radius 2 is 0.949 bits per heavy atom. The number of aliphatic imine (C=N–C) groups is 1. The number of allylic oxidation sites excluding steroid dienone is 8. The smallest absolute Gasteiger partial charge is 0.196 e. The third kappa shape index (κ3) is 13.1. The molecule has 2 N–H and O–H groups in total. The fraction of sp³-hybridized carbons (Fsp3) is 0.0635.